The number of carboxylic acid groups (broad SMARTS) is 1. The highest BCUT2D eigenvalue weighted by molar-refractivity contribution is 5.85. The van der Waals surface area contributed by atoms with Crippen LogP contribution in [0.2, 0.25) is 0 Å². The third-order valence-electron chi connectivity index (χ3n) is 1.66. The molecule has 86 valence electrons. The summed E-state index contributed by atoms with van der Waals surface area (Å²) in [5.74, 6) is -1.90. The molecule has 1 aromatic heterocycles. The molecule has 0 radical (unpaired) electrons. The van der Waals surface area contributed by atoms with E-state index in [0.29, 0.717) is 6.08 Å². The highest BCUT2D eigenvalue weighted by atomic mass is 19.4. The van der Waals surface area contributed by atoms with Gasteiger partial charge in [-0.25, -0.2) is 9.78 Å². The van der Waals surface area contributed by atoms with Crippen molar-refractivity contribution in [3.05, 3.63) is 29.5 Å². The van der Waals surface area contributed by atoms with Crippen molar-refractivity contribution in [2.24, 2.45) is 0 Å². The third kappa shape index (κ3) is 2.97. The van der Waals surface area contributed by atoms with Gasteiger partial charge in [0.15, 0.2) is 0 Å². The van der Waals surface area contributed by atoms with E-state index < -0.39 is 23.5 Å². The van der Waals surface area contributed by atoms with Gasteiger partial charge in [-0.1, -0.05) is 0 Å². The Bertz CT molecular complexity index is 441. The van der Waals surface area contributed by atoms with E-state index in [-0.39, 0.29) is 5.56 Å². The first-order chi connectivity index (χ1) is 7.30. The Morgan fingerprint density at radius 2 is 2.12 bits per heavy atom. The molecular weight excluding hydrogens is 225 g/mol. The Balaban J connectivity index is 3.13. The van der Waals surface area contributed by atoms with Crippen LogP contribution in [0, 0.1) is 0 Å². The zero-order chi connectivity index (χ0) is 12.3. The lowest BCUT2D eigenvalue weighted by Crippen LogP contribution is -2.10. The third-order valence-corrected chi connectivity index (χ3v) is 1.66. The number of anilines is 1. The normalized spacial score (nSPS) is 11.9. The van der Waals surface area contributed by atoms with Crippen LogP contribution in [-0.2, 0) is 11.0 Å². The zero-order valence-corrected chi connectivity index (χ0v) is 7.82. The number of hydrogen-bond donors (Lipinski definition) is 2. The fourth-order valence-electron chi connectivity index (χ4n) is 0.977. The van der Waals surface area contributed by atoms with E-state index in [1.165, 1.54) is 0 Å². The Morgan fingerprint density at radius 3 is 2.62 bits per heavy atom. The monoisotopic (exact) mass is 232 g/mol. The van der Waals surface area contributed by atoms with E-state index in [0.717, 1.165) is 18.3 Å². The summed E-state index contributed by atoms with van der Waals surface area (Å²) < 4.78 is 37.1. The van der Waals surface area contributed by atoms with Gasteiger partial charge in [0.25, 0.3) is 0 Å². The van der Waals surface area contributed by atoms with Gasteiger partial charge in [-0.2, -0.15) is 13.2 Å². The number of aliphatic carboxylic acids is 1. The van der Waals surface area contributed by atoms with Crippen LogP contribution in [0.15, 0.2) is 18.3 Å². The topological polar surface area (TPSA) is 76.2 Å². The van der Waals surface area contributed by atoms with Gasteiger partial charge in [0.1, 0.15) is 5.82 Å². The fourth-order valence-corrected chi connectivity index (χ4v) is 0.977. The lowest BCUT2D eigenvalue weighted by atomic mass is 10.1. The predicted molar refractivity (Wildman–Crippen MR) is 50.3 cm³/mol. The first-order valence-corrected chi connectivity index (χ1v) is 4.04. The molecule has 0 aliphatic heterocycles. The van der Waals surface area contributed by atoms with E-state index in [4.69, 9.17) is 10.8 Å². The van der Waals surface area contributed by atoms with Gasteiger partial charge in [-0.05, 0) is 17.7 Å². The molecule has 0 aliphatic rings. The maximum absolute atomic E-state index is 12.4. The van der Waals surface area contributed by atoms with Crippen molar-refractivity contribution in [3.63, 3.8) is 0 Å². The molecule has 0 unspecified atom stereocenters. The second kappa shape index (κ2) is 4.21. The summed E-state index contributed by atoms with van der Waals surface area (Å²) >= 11 is 0. The number of carboxylic acids is 1. The van der Waals surface area contributed by atoms with E-state index in [9.17, 15) is 18.0 Å². The Labute approximate surface area is 88.2 Å². The van der Waals surface area contributed by atoms with Crippen molar-refractivity contribution in [1.82, 2.24) is 4.98 Å². The van der Waals surface area contributed by atoms with Crippen molar-refractivity contribution in [2.45, 2.75) is 6.18 Å². The van der Waals surface area contributed by atoms with Gasteiger partial charge < -0.3 is 10.8 Å². The molecule has 1 heterocycles. The number of halogens is 3. The number of rotatable bonds is 2. The minimum absolute atomic E-state index is 0.0175. The summed E-state index contributed by atoms with van der Waals surface area (Å²) in [6.45, 7) is 0. The van der Waals surface area contributed by atoms with Crippen LogP contribution in [0.3, 0.4) is 0 Å². The molecule has 0 saturated carbocycles. The quantitative estimate of drug-likeness (QED) is 0.762. The van der Waals surface area contributed by atoms with E-state index >= 15 is 0 Å². The molecule has 0 aliphatic carbocycles. The maximum atomic E-state index is 12.4. The van der Waals surface area contributed by atoms with Crippen molar-refractivity contribution in [3.8, 4) is 0 Å². The number of carbonyl (C=O) groups is 1. The Morgan fingerprint density at radius 1 is 1.50 bits per heavy atom. The summed E-state index contributed by atoms with van der Waals surface area (Å²) in [5, 5.41) is 8.30. The number of nitrogens with zero attached hydrogens (tertiary/aromatic N) is 1. The summed E-state index contributed by atoms with van der Waals surface area (Å²) in [4.78, 5) is 13.5. The van der Waals surface area contributed by atoms with Crippen LogP contribution in [0.4, 0.5) is 19.0 Å². The number of aromatic nitrogens is 1. The SMILES string of the molecule is Nc1ncc(C=CC(=O)O)cc1C(F)(F)F. The van der Waals surface area contributed by atoms with Gasteiger partial charge in [0.05, 0.1) is 5.56 Å². The van der Waals surface area contributed by atoms with Crippen LogP contribution in [0.5, 0.6) is 0 Å². The predicted octanol–water partition coefficient (Wildman–Crippen LogP) is 1.78. The zero-order valence-electron chi connectivity index (χ0n) is 7.82. The summed E-state index contributed by atoms with van der Waals surface area (Å²) in [7, 11) is 0. The van der Waals surface area contributed by atoms with Crippen LogP contribution in [0.25, 0.3) is 6.08 Å². The van der Waals surface area contributed by atoms with Crippen molar-refractivity contribution >= 4 is 17.9 Å². The van der Waals surface area contributed by atoms with Crippen LogP contribution in [-0.4, -0.2) is 16.1 Å². The minimum Gasteiger partial charge on any atom is -0.478 e. The number of alkyl halides is 3. The van der Waals surface area contributed by atoms with Gasteiger partial charge >= 0.3 is 12.1 Å². The molecule has 7 heteroatoms. The van der Waals surface area contributed by atoms with Crippen LogP contribution < -0.4 is 5.73 Å². The van der Waals surface area contributed by atoms with E-state index in [1.54, 1.807) is 0 Å². The lowest BCUT2D eigenvalue weighted by Gasteiger charge is -2.09. The van der Waals surface area contributed by atoms with Crippen LogP contribution >= 0.6 is 0 Å². The van der Waals surface area contributed by atoms with Crippen molar-refractivity contribution in [1.29, 1.82) is 0 Å². The first-order valence-electron chi connectivity index (χ1n) is 4.04. The van der Waals surface area contributed by atoms with Gasteiger partial charge in [0, 0.05) is 12.3 Å². The number of nitrogen functional groups attached to an aromatic ring is 1. The second-order valence-electron chi connectivity index (χ2n) is 2.87. The molecule has 3 N–H and O–H groups in total. The smallest absolute Gasteiger partial charge is 0.419 e. The van der Waals surface area contributed by atoms with Gasteiger partial charge in [0.2, 0.25) is 0 Å². The lowest BCUT2D eigenvalue weighted by molar-refractivity contribution is -0.137. The largest absolute Gasteiger partial charge is 0.478 e. The molecular formula is C9H7F3N2O2. The standard InChI is InChI=1S/C9H7F3N2O2/c10-9(11,12)6-3-5(1-2-7(15)16)4-14-8(6)13/h1-4H,(H2,13,14)(H,15,16). The van der Waals surface area contributed by atoms with Gasteiger partial charge in [-0.3, -0.25) is 0 Å². The summed E-state index contributed by atoms with van der Waals surface area (Å²) in [5.41, 5.74) is 3.99. The molecule has 1 rings (SSSR count). The molecule has 1 aromatic rings. The minimum atomic E-state index is -4.61. The van der Waals surface area contributed by atoms with E-state index in [1.807, 2.05) is 0 Å². The fraction of sp³-hybridized carbons (Fsp3) is 0.111. The number of hydrogen-bond acceptors (Lipinski definition) is 3. The number of nitrogens with two attached hydrogens (primary N) is 1. The maximum Gasteiger partial charge on any atom is 0.419 e. The van der Waals surface area contributed by atoms with Crippen LogP contribution in [0.1, 0.15) is 11.1 Å². The molecule has 0 spiro atoms. The Kier molecular flexibility index (Phi) is 3.17. The highest BCUT2D eigenvalue weighted by Gasteiger charge is 2.33. The second-order valence-corrected chi connectivity index (χ2v) is 2.87. The average molecular weight is 232 g/mol. The summed E-state index contributed by atoms with van der Waals surface area (Å²) in [6.07, 6.45) is -1.83. The Hall–Kier alpha value is -2.05. The molecule has 0 saturated heterocycles. The van der Waals surface area contributed by atoms with E-state index in [2.05, 4.69) is 4.98 Å². The molecule has 16 heavy (non-hydrogen) atoms. The number of pyridine rings is 1. The van der Waals surface area contributed by atoms with Crippen molar-refractivity contribution in [2.75, 3.05) is 5.73 Å². The first kappa shape index (κ1) is 12.0. The summed E-state index contributed by atoms with van der Waals surface area (Å²) in [6, 6.07) is 0.738. The molecule has 4 nitrogen and oxygen atoms in total. The average Bonchev–Trinajstić information content (AvgIpc) is 2.14. The van der Waals surface area contributed by atoms with Crippen molar-refractivity contribution < 1.29 is 23.1 Å². The highest BCUT2D eigenvalue weighted by Crippen LogP contribution is 2.32. The molecule has 0 bridgehead atoms. The molecule has 0 aromatic carbocycles. The molecule has 0 fully saturated rings. The molecule has 0 atom stereocenters. The van der Waals surface area contributed by atoms with Gasteiger partial charge in [-0.15, -0.1) is 0 Å². The molecule has 0 amide bonds.